The molecule has 4 saturated heterocycles. The summed E-state index contributed by atoms with van der Waals surface area (Å²) >= 11 is 1.88. The first-order valence-electron chi connectivity index (χ1n) is 40.4. The van der Waals surface area contributed by atoms with Gasteiger partial charge in [0.1, 0.15) is 35.6 Å². The Bertz CT molecular complexity index is 4170. The van der Waals surface area contributed by atoms with Crippen molar-refractivity contribution in [2.75, 3.05) is 6.61 Å². The van der Waals surface area contributed by atoms with Gasteiger partial charge in [-0.3, -0.25) is 24.2 Å². The molecular formula is C93H120AlCl3IN5O14P2Pd. The molecule has 19 nitrogen and oxygen atoms in total. The minimum atomic E-state index is -0.996. The van der Waals surface area contributed by atoms with E-state index in [1.165, 1.54) is 31.8 Å². The van der Waals surface area contributed by atoms with Gasteiger partial charge in [-0.05, 0) is 196 Å². The van der Waals surface area contributed by atoms with Gasteiger partial charge < -0.3 is 60.9 Å². The standard InChI is InChI=1S/C21H32N2O5.C20H29IN2O5.2C18H15P.C13H19NO4.3CH3.Al.3ClH.Pd/c1-8-14-17-18(27-21(6,7)26-17)16(23(14)19(25)28-20(3,4)5)12-9-11(2)13(22)10-15(12)24;1-7-13-16-17(27-20(5,6)26-16)15(23(13)18(25)28-19(2,3)4)10-8-11(21)12(22)9-14(10)24;2*1-4-10-16(11-5-1)19(17-12-6-2-7-13-17)18-14-8-3-9-15-18;1-6-2-8(11(16)4-10(6)14)9-3-7(5-15)12(17)13(9)18;;;;;;;;/h9,14,16-18H,8,10,22H2,1-7H3;8,13,15-17H,7,9,22H2,1-6H3;2*1-15H;2,7,9,12-13,15,17-18H,3-5,14H2,1H3;3*1H3;;3*1H;/q;;;;;;;;;;;;+2/p-2/t14-,16?,17-,18+;13-,15?,16-,17+;;;7-,9?,12-,13+;;;;;;;;/m11..1......../s1. The first kappa shape index (κ1) is 101. The number of Topliss-reactive ketones (excluding diaryl/α,β-unsaturated/α-hetero) is 3. The molecule has 6 aromatic rings. The first-order valence-corrected chi connectivity index (χ1v) is 51.6. The molecule has 4 aliphatic heterocycles. The van der Waals surface area contributed by atoms with Gasteiger partial charge >= 0.3 is 47.2 Å². The number of nitrogens with zero attached hydrogens (tertiary/aromatic N) is 2. The van der Waals surface area contributed by atoms with Crippen LogP contribution in [0.4, 0.5) is 9.59 Å². The SMILES string of the molecule is CC1=C(N)CC(=O)C(C2C[C@H](CO)[C@@H](O)[C@H]2O)=C1.CC[C@@H]1[C@H]2OC(C)(C)O[C@H]2C(C2=CC(C)=C(N)CC2=O)N1C(=O)OC(C)(C)C.CC[C@@H]1[C@H]2OC(C)(C)O[C@H]2C(C2=CC(I)=C(N)CC2=O)N1C(=O)OC(C)(C)C.Cl.[CH3][Al]([CH3])[CH3].[Cl][Pd][Cl].c1ccc(P(c2ccccc2)c2ccccc2)cc1.c1ccc(P(c2ccccc2)c2ccccc2)cc1. The van der Waals surface area contributed by atoms with Gasteiger partial charge in [0.15, 0.2) is 28.9 Å². The Morgan fingerprint density at radius 1 is 0.508 bits per heavy atom. The number of benzene rings is 6. The molecule has 652 valence electrons. The van der Waals surface area contributed by atoms with E-state index < -0.39 is 93.2 Å². The number of hydrogen-bond acceptors (Lipinski definition) is 17. The van der Waals surface area contributed by atoms with Crippen molar-refractivity contribution < 1.29 is 83.7 Å². The van der Waals surface area contributed by atoms with Crippen molar-refractivity contribution in [1.29, 1.82) is 0 Å². The second kappa shape index (κ2) is 45.8. The predicted molar refractivity (Wildman–Crippen MR) is 495 cm³/mol. The van der Waals surface area contributed by atoms with Gasteiger partial charge in [0.2, 0.25) is 0 Å². The summed E-state index contributed by atoms with van der Waals surface area (Å²) in [5.74, 6) is 4.29. The van der Waals surface area contributed by atoms with Crippen LogP contribution in [0, 0.1) is 11.8 Å². The van der Waals surface area contributed by atoms with Crippen molar-refractivity contribution in [3.8, 4) is 0 Å². The van der Waals surface area contributed by atoms with Crippen molar-refractivity contribution in [2.24, 2.45) is 29.0 Å². The molecule has 0 spiro atoms. The fourth-order valence-corrected chi connectivity index (χ4v) is 20.6. The molecule has 3 unspecified atom stereocenters. The zero-order chi connectivity index (χ0) is 87.6. The number of ketones is 3. The van der Waals surface area contributed by atoms with E-state index in [0.29, 0.717) is 53.1 Å². The topological polar surface area (TPSA) is 286 Å². The van der Waals surface area contributed by atoms with Gasteiger partial charge in [-0.25, -0.2) is 9.59 Å². The van der Waals surface area contributed by atoms with Crippen LogP contribution in [0.25, 0.3) is 0 Å². The van der Waals surface area contributed by atoms with Gasteiger partial charge in [-0.2, -0.15) is 0 Å². The van der Waals surface area contributed by atoms with E-state index in [9.17, 15) is 34.2 Å². The molecule has 5 fully saturated rings. The number of nitrogens with two attached hydrogens (primary N) is 3. The Hall–Kier alpha value is -5.92. The van der Waals surface area contributed by atoms with Gasteiger partial charge in [0.05, 0.1) is 55.6 Å². The summed E-state index contributed by atoms with van der Waals surface area (Å²) in [5, 5.41) is 37.3. The Morgan fingerprint density at radius 2 is 0.775 bits per heavy atom. The van der Waals surface area contributed by atoms with E-state index in [4.69, 9.17) is 69.8 Å². The maximum Gasteiger partial charge on any atom is -0.0134 e. The molecule has 0 bridgehead atoms. The molecule has 1 saturated carbocycles. The van der Waals surface area contributed by atoms with Crippen LogP contribution >= 0.6 is 69.9 Å². The van der Waals surface area contributed by atoms with Crippen LogP contribution in [0.2, 0.25) is 17.4 Å². The molecule has 4 aliphatic carbocycles. The van der Waals surface area contributed by atoms with Crippen molar-refractivity contribution in [3.05, 3.63) is 249 Å². The molecule has 4 heterocycles. The normalized spacial score (nSPS) is 24.5. The molecule has 14 rings (SSSR count). The Morgan fingerprint density at radius 3 is 1.05 bits per heavy atom. The van der Waals surface area contributed by atoms with Gasteiger partial charge in [0.25, 0.3) is 14.1 Å². The quantitative estimate of drug-likeness (QED) is 0.0377. The number of carbonyl (C=O) groups excluding carboxylic acids is 5. The third kappa shape index (κ3) is 27.1. The molecule has 120 heavy (non-hydrogen) atoms. The average Bonchev–Trinajstić information content (AvgIpc) is 1.57. The minimum absolute atomic E-state index is 0. The van der Waals surface area contributed by atoms with Crippen LogP contribution < -0.4 is 49.0 Å². The maximum absolute atomic E-state index is 13.1. The smallest absolute Gasteiger partial charge is 0.0134 e. The number of amides is 2. The first-order chi connectivity index (χ1) is 56.2. The fraction of sp³-hybridized carbons (Fsp3) is 0.430. The molecule has 9 N–H and O–H groups in total. The van der Waals surface area contributed by atoms with Crippen LogP contribution in [0.3, 0.4) is 0 Å². The van der Waals surface area contributed by atoms with Gasteiger partial charge in [-0.1, -0.05) is 202 Å². The van der Waals surface area contributed by atoms with E-state index in [-0.39, 0.29) is 116 Å². The number of halogens is 4. The Kier molecular flexibility index (Phi) is 38.6. The van der Waals surface area contributed by atoms with Crippen molar-refractivity contribution in [2.45, 2.75) is 236 Å². The van der Waals surface area contributed by atoms with E-state index in [1.54, 1.807) is 28.0 Å². The molecule has 12 atom stereocenters. The fourth-order valence-electron chi connectivity index (χ4n) is 15.5. The number of carbonyl (C=O) groups is 5. The number of rotatable bonds is 12. The van der Waals surface area contributed by atoms with Crippen LogP contribution in [0.1, 0.15) is 135 Å². The van der Waals surface area contributed by atoms with E-state index in [0.717, 1.165) is 14.7 Å². The number of likely N-dealkylation sites (tertiary alicyclic amines) is 2. The maximum atomic E-state index is 13.1. The van der Waals surface area contributed by atoms with Crippen LogP contribution in [0.5, 0.6) is 0 Å². The molecule has 6 aromatic carbocycles. The van der Waals surface area contributed by atoms with Crippen molar-refractivity contribution >= 4 is 145 Å². The molecule has 0 radical (unpaired) electrons. The van der Waals surface area contributed by atoms with E-state index >= 15 is 0 Å². The number of ether oxygens (including phenoxy) is 6. The van der Waals surface area contributed by atoms with Crippen LogP contribution in [-0.2, 0) is 58.7 Å². The number of allylic oxidation sites excluding steroid dienone is 9. The second-order valence-electron chi connectivity index (χ2n) is 33.9. The summed E-state index contributed by atoms with van der Waals surface area (Å²) < 4.78 is 36.8. The van der Waals surface area contributed by atoms with Crippen LogP contribution in [0.15, 0.2) is 249 Å². The van der Waals surface area contributed by atoms with Crippen molar-refractivity contribution in [1.82, 2.24) is 9.80 Å². The predicted octanol–water partition coefficient (Wildman–Crippen LogP) is 16.0. The molecular weight excluding hydrogens is 1840 g/mol. The monoisotopic (exact) mass is 1960 g/mol. The van der Waals surface area contributed by atoms with Crippen LogP contribution in [-0.4, -0.2) is 159 Å². The summed E-state index contributed by atoms with van der Waals surface area (Å²) in [4.78, 5) is 67.3. The molecule has 0 aromatic heterocycles. The summed E-state index contributed by atoms with van der Waals surface area (Å²) in [6.45, 7) is 25.9. The minimum Gasteiger partial charge on any atom is -0.0622 e. The molecule has 8 aliphatic rings. The summed E-state index contributed by atoms with van der Waals surface area (Å²) in [6.07, 6.45) is 3.03. The third-order valence-electron chi connectivity index (χ3n) is 20.6. The van der Waals surface area contributed by atoms with Crippen molar-refractivity contribution in [3.63, 3.8) is 0 Å². The number of hydrogen-bond donors (Lipinski definition) is 6. The number of fused-ring (bicyclic) bond motifs is 2. The summed E-state index contributed by atoms with van der Waals surface area (Å²) in [6, 6.07) is 63.0. The second-order valence-corrected chi connectivity index (χ2v) is 45.3. The Labute approximate surface area is 753 Å². The zero-order valence-corrected chi connectivity index (χ0v) is 80.7. The number of aliphatic hydroxyl groups is 3. The molecule has 2 amide bonds. The number of aliphatic hydroxyl groups excluding tert-OH is 3. The Balaban J connectivity index is 0.000000204. The largest absolute Gasteiger partial charge is 0.0622 e. The van der Waals surface area contributed by atoms with E-state index in [1.807, 2.05) is 96.9 Å². The van der Waals surface area contributed by atoms with Gasteiger partial charge in [-0.15, -0.1) is 29.8 Å². The summed E-state index contributed by atoms with van der Waals surface area (Å²) in [5.41, 5.74) is 21.2. The van der Waals surface area contributed by atoms with Gasteiger partial charge in [0, 0.05) is 55.8 Å². The zero-order valence-electron chi connectivity index (χ0n) is 71.7. The average molecular weight is 1960 g/mol. The van der Waals surface area contributed by atoms with E-state index in [2.05, 4.69) is 222 Å². The molecule has 27 heteroatoms. The summed E-state index contributed by atoms with van der Waals surface area (Å²) in [7, 11) is 8.74. The third-order valence-corrected chi connectivity index (χ3v) is 26.5.